The van der Waals surface area contributed by atoms with Crippen LogP contribution in [0.2, 0.25) is 0 Å². The highest BCUT2D eigenvalue weighted by Crippen LogP contribution is 2.21. The van der Waals surface area contributed by atoms with Crippen molar-refractivity contribution in [3.63, 3.8) is 0 Å². The maximum absolute atomic E-state index is 12.2. The maximum Gasteiger partial charge on any atom is 0.261 e. The van der Waals surface area contributed by atoms with Gasteiger partial charge in [-0.3, -0.25) is 4.79 Å². The molecule has 128 valence electrons. The average Bonchev–Trinajstić information content (AvgIpc) is 2.66. The van der Waals surface area contributed by atoms with Crippen molar-refractivity contribution in [1.82, 2.24) is 5.32 Å². The molecule has 0 aliphatic rings. The lowest BCUT2D eigenvalue weighted by molar-refractivity contribution is -0.127. The Morgan fingerprint density at radius 2 is 1.64 bits per heavy atom. The Hall–Kier alpha value is -3.01. The summed E-state index contributed by atoms with van der Waals surface area (Å²) in [7, 11) is 1.63. The quantitative estimate of drug-likeness (QED) is 0.742. The smallest absolute Gasteiger partial charge is 0.261 e. The number of amides is 1. The van der Waals surface area contributed by atoms with E-state index < -0.39 is 6.10 Å². The third kappa shape index (κ3) is 4.29. The standard InChI is InChI=1S/C21H21NO3/c1-15(21(23)22-14-16-7-10-19(24-2)11-8-16)25-20-12-9-17-5-3-4-6-18(17)13-20/h3-13,15H,14H2,1-2H3,(H,22,23)/t15-/m0/s1. The summed E-state index contributed by atoms with van der Waals surface area (Å²) in [5, 5.41) is 5.12. The molecule has 0 aliphatic heterocycles. The highest BCUT2D eigenvalue weighted by Gasteiger charge is 2.14. The monoisotopic (exact) mass is 335 g/mol. The summed E-state index contributed by atoms with van der Waals surface area (Å²) in [6.45, 7) is 2.20. The van der Waals surface area contributed by atoms with E-state index in [9.17, 15) is 4.79 Å². The van der Waals surface area contributed by atoms with Crippen LogP contribution in [0.15, 0.2) is 66.7 Å². The Labute approximate surface area is 147 Å². The minimum atomic E-state index is -0.570. The van der Waals surface area contributed by atoms with E-state index >= 15 is 0 Å². The number of benzene rings is 3. The number of carbonyl (C=O) groups is 1. The Morgan fingerprint density at radius 3 is 2.36 bits per heavy atom. The van der Waals surface area contributed by atoms with E-state index in [2.05, 4.69) is 5.32 Å². The van der Waals surface area contributed by atoms with Crippen molar-refractivity contribution in [3.05, 3.63) is 72.3 Å². The van der Waals surface area contributed by atoms with Crippen LogP contribution >= 0.6 is 0 Å². The fraction of sp³-hybridized carbons (Fsp3) is 0.190. The van der Waals surface area contributed by atoms with Crippen molar-refractivity contribution in [2.24, 2.45) is 0 Å². The van der Waals surface area contributed by atoms with Gasteiger partial charge < -0.3 is 14.8 Å². The van der Waals surface area contributed by atoms with E-state index in [1.165, 1.54) is 0 Å². The summed E-state index contributed by atoms with van der Waals surface area (Å²) in [4.78, 5) is 12.2. The third-order valence-corrected chi connectivity index (χ3v) is 4.03. The van der Waals surface area contributed by atoms with Crippen molar-refractivity contribution >= 4 is 16.7 Å². The zero-order valence-corrected chi connectivity index (χ0v) is 14.4. The first-order valence-corrected chi connectivity index (χ1v) is 8.22. The van der Waals surface area contributed by atoms with Gasteiger partial charge in [0, 0.05) is 6.54 Å². The van der Waals surface area contributed by atoms with Crippen LogP contribution in [-0.4, -0.2) is 19.1 Å². The van der Waals surface area contributed by atoms with Crippen molar-refractivity contribution in [3.8, 4) is 11.5 Å². The molecular weight excluding hydrogens is 314 g/mol. The second-order valence-corrected chi connectivity index (χ2v) is 5.83. The van der Waals surface area contributed by atoms with Gasteiger partial charge in [0.15, 0.2) is 6.10 Å². The predicted octanol–water partition coefficient (Wildman–Crippen LogP) is 3.93. The SMILES string of the molecule is COc1ccc(CNC(=O)[C@H](C)Oc2ccc3ccccc3c2)cc1. The molecule has 3 aromatic rings. The molecule has 0 aromatic heterocycles. The number of ether oxygens (including phenoxy) is 2. The maximum atomic E-state index is 12.2. The zero-order chi connectivity index (χ0) is 17.6. The van der Waals surface area contributed by atoms with Crippen molar-refractivity contribution in [2.45, 2.75) is 19.6 Å². The third-order valence-electron chi connectivity index (χ3n) is 4.03. The summed E-state index contributed by atoms with van der Waals surface area (Å²) < 4.78 is 10.9. The Bertz CT molecular complexity index is 858. The summed E-state index contributed by atoms with van der Waals surface area (Å²) in [6.07, 6.45) is -0.570. The molecule has 0 radical (unpaired) electrons. The first-order chi connectivity index (χ1) is 12.2. The van der Waals surface area contributed by atoms with E-state index in [1.807, 2.05) is 66.7 Å². The van der Waals surface area contributed by atoms with Crippen molar-refractivity contribution in [2.75, 3.05) is 7.11 Å². The van der Waals surface area contributed by atoms with Gasteiger partial charge in [-0.15, -0.1) is 0 Å². The number of carbonyl (C=O) groups excluding carboxylic acids is 1. The lowest BCUT2D eigenvalue weighted by Crippen LogP contribution is -2.35. The lowest BCUT2D eigenvalue weighted by Gasteiger charge is -2.15. The molecule has 1 N–H and O–H groups in total. The van der Waals surface area contributed by atoms with Gasteiger partial charge in [-0.1, -0.05) is 42.5 Å². The molecular formula is C21H21NO3. The molecule has 0 saturated carbocycles. The van der Waals surface area contributed by atoms with Crippen LogP contribution < -0.4 is 14.8 Å². The Kier molecular flexibility index (Phi) is 5.19. The molecule has 3 aromatic carbocycles. The molecule has 0 aliphatic carbocycles. The van der Waals surface area contributed by atoms with Crippen LogP contribution in [0.4, 0.5) is 0 Å². The predicted molar refractivity (Wildman–Crippen MR) is 98.9 cm³/mol. The summed E-state index contributed by atoms with van der Waals surface area (Å²) in [6, 6.07) is 21.5. The summed E-state index contributed by atoms with van der Waals surface area (Å²) in [5.41, 5.74) is 1.01. The molecule has 25 heavy (non-hydrogen) atoms. The molecule has 1 atom stereocenters. The molecule has 0 spiro atoms. The number of hydrogen-bond donors (Lipinski definition) is 1. The second-order valence-electron chi connectivity index (χ2n) is 5.83. The van der Waals surface area contributed by atoms with Crippen LogP contribution in [-0.2, 0) is 11.3 Å². The Morgan fingerprint density at radius 1 is 0.960 bits per heavy atom. The number of nitrogens with one attached hydrogen (secondary N) is 1. The van der Waals surface area contributed by atoms with Gasteiger partial charge in [0.05, 0.1) is 7.11 Å². The first-order valence-electron chi connectivity index (χ1n) is 8.22. The molecule has 4 nitrogen and oxygen atoms in total. The van der Waals surface area contributed by atoms with Gasteiger partial charge in [-0.05, 0) is 47.5 Å². The van der Waals surface area contributed by atoms with Gasteiger partial charge >= 0.3 is 0 Å². The normalized spacial score (nSPS) is 11.8. The molecule has 0 unspecified atom stereocenters. The zero-order valence-electron chi connectivity index (χ0n) is 14.4. The van der Waals surface area contributed by atoms with Gasteiger partial charge in [-0.2, -0.15) is 0 Å². The molecule has 0 saturated heterocycles. The lowest BCUT2D eigenvalue weighted by atomic mass is 10.1. The molecule has 0 fully saturated rings. The van der Waals surface area contributed by atoms with Crippen molar-refractivity contribution < 1.29 is 14.3 Å². The van der Waals surface area contributed by atoms with E-state index in [-0.39, 0.29) is 5.91 Å². The van der Waals surface area contributed by atoms with Crippen molar-refractivity contribution in [1.29, 1.82) is 0 Å². The molecule has 0 bridgehead atoms. The first kappa shape index (κ1) is 16.8. The van der Waals surface area contributed by atoms with Crippen LogP contribution in [0.1, 0.15) is 12.5 Å². The van der Waals surface area contributed by atoms with Gasteiger partial charge in [0.1, 0.15) is 11.5 Å². The fourth-order valence-electron chi connectivity index (χ4n) is 2.57. The van der Waals surface area contributed by atoms with Crippen LogP contribution in [0.5, 0.6) is 11.5 Å². The number of fused-ring (bicyclic) bond motifs is 1. The topological polar surface area (TPSA) is 47.6 Å². The fourth-order valence-corrected chi connectivity index (χ4v) is 2.57. The second kappa shape index (κ2) is 7.71. The largest absolute Gasteiger partial charge is 0.497 e. The minimum absolute atomic E-state index is 0.149. The number of rotatable bonds is 6. The average molecular weight is 335 g/mol. The molecule has 1 amide bonds. The Balaban J connectivity index is 1.57. The van der Waals surface area contributed by atoms with E-state index in [0.29, 0.717) is 12.3 Å². The van der Waals surface area contributed by atoms with E-state index in [1.54, 1.807) is 14.0 Å². The van der Waals surface area contributed by atoms with E-state index in [4.69, 9.17) is 9.47 Å². The number of methoxy groups -OCH3 is 1. The van der Waals surface area contributed by atoms with Gasteiger partial charge in [-0.25, -0.2) is 0 Å². The van der Waals surface area contributed by atoms with Crippen LogP contribution in [0.25, 0.3) is 10.8 Å². The van der Waals surface area contributed by atoms with Gasteiger partial charge in [0.2, 0.25) is 0 Å². The minimum Gasteiger partial charge on any atom is -0.497 e. The van der Waals surface area contributed by atoms with E-state index in [0.717, 1.165) is 22.1 Å². The molecule has 4 heteroatoms. The number of hydrogen-bond acceptors (Lipinski definition) is 3. The van der Waals surface area contributed by atoms with Gasteiger partial charge in [0.25, 0.3) is 5.91 Å². The molecule has 3 rings (SSSR count). The summed E-state index contributed by atoms with van der Waals surface area (Å²) in [5.74, 6) is 1.33. The van der Waals surface area contributed by atoms with Crippen LogP contribution in [0, 0.1) is 0 Å². The highest BCUT2D eigenvalue weighted by atomic mass is 16.5. The molecule has 0 heterocycles. The highest BCUT2D eigenvalue weighted by molar-refractivity contribution is 5.84. The van der Waals surface area contributed by atoms with Crippen LogP contribution in [0.3, 0.4) is 0 Å². The summed E-state index contributed by atoms with van der Waals surface area (Å²) >= 11 is 0.